The molecule has 0 aromatic heterocycles. The molecule has 0 spiro atoms. The number of anilines is 1. The fourth-order valence-electron chi connectivity index (χ4n) is 1.29. The van der Waals surface area contributed by atoms with E-state index in [0.29, 0.717) is 5.88 Å². The first-order chi connectivity index (χ1) is 6.15. The molecule has 0 aliphatic rings. The minimum atomic E-state index is 0.637. The number of hydrogen-bond acceptors (Lipinski definition) is 1. The second-order valence-corrected chi connectivity index (χ2v) is 3.86. The molecule has 0 N–H and O–H groups in total. The molecule has 0 saturated carbocycles. The molecule has 1 aromatic carbocycles. The molecule has 1 aromatic rings. The van der Waals surface area contributed by atoms with Crippen molar-refractivity contribution in [1.82, 2.24) is 0 Å². The average molecular weight is 218 g/mol. The SMILES string of the molecule is Cc1cc(Cl)ccc1N(C)CCCl. The normalized spacial score (nSPS) is 10.2. The van der Waals surface area contributed by atoms with Gasteiger partial charge in [-0.05, 0) is 30.7 Å². The molecule has 0 amide bonds. The third-order valence-electron chi connectivity index (χ3n) is 1.99. The second-order valence-electron chi connectivity index (χ2n) is 3.04. The summed E-state index contributed by atoms with van der Waals surface area (Å²) in [4.78, 5) is 2.12. The highest BCUT2D eigenvalue weighted by Gasteiger charge is 2.03. The lowest BCUT2D eigenvalue weighted by Crippen LogP contribution is -2.20. The fourth-order valence-corrected chi connectivity index (χ4v) is 1.77. The molecule has 1 nitrogen and oxygen atoms in total. The molecule has 13 heavy (non-hydrogen) atoms. The molecule has 0 aliphatic carbocycles. The van der Waals surface area contributed by atoms with Crippen LogP contribution < -0.4 is 4.90 Å². The summed E-state index contributed by atoms with van der Waals surface area (Å²) in [6.07, 6.45) is 0. The van der Waals surface area contributed by atoms with Crippen LogP contribution in [-0.4, -0.2) is 19.5 Å². The summed E-state index contributed by atoms with van der Waals surface area (Å²) < 4.78 is 0. The van der Waals surface area contributed by atoms with Gasteiger partial charge in [-0.2, -0.15) is 0 Å². The third-order valence-corrected chi connectivity index (χ3v) is 2.39. The standard InChI is InChI=1S/C10H13Cl2N/c1-8-7-9(12)3-4-10(8)13(2)6-5-11/h3-4,7H,5-6H2,1-2H3. The Balaban J connectivity index is 2.88. The van der Waals surface area contributed by atoms with Crippen LogP contribution in [0, 0.1) is 6.92 Å². The lowest BCUT2D eigenvalue weighted by molar-refractivity contribution is 0.966. The molecule has 0 fully saturated rings. The van der Waals surface area contributed by atoms with Crippen LogP contribution in [0.3, 0.4) is 0 Å². The van der Waals surface area contributed by atoms with Crippen molar-refractivity contribution in [3.05, 3.63) is 28.8 Å². The first kappa shape index (κ1) is 10.7. The number of nitrogens with zero attached hydrogens (tertiary/aromatic N) is 1. The molecule has 0 heterocycles. The van der Waals surface area contributed by atoms with Crippen LogP contribution in [0.2, 0.25) is 5.02 Å². The van der Waals surface area contributed by atoms with E-state index >= 15 is 0 Å². The molecule has 0 radical (unpaired) electrons. The van der Waals surface area contributed by atoms with Crippen molar-refractivity contribution in [3.63, 3.8) is 0 Å². The zero-order valence-electron chi connectivity index (χ0n) is 7.85. The van der Waals surface area contributed by atoms with E-state index in [1.165, 1.54) is 11.3 Å². The van der Waals surface area contributed by atoms with Gasteiger partial charge in [0.2, 0.25) is 0 Å². The van der Waals surface area contributed by atoms with E-state index in [1.807, 2.05) is 32.2 Å². The number of halogens is 2. The van der Waals surface area contributed by atoms with Gasteiger partial charge in [-0.1, -0.05) is 11.6 Å². The van der Waals surface area contributed by atoms with E-state index in [1.54, 1.807) is 0 Å². The molecule has 72 valence electrons. The van der Waals surface area contributed by atoms with Crippen molar-refractivity contribution >= 4 is 28.9 Å². The Labute approximate surface area is 89.3 Å². The number of aryl methyl sites for hydroxylation is 1. The highest BCUT2D eigenvalue weighted by molar-refractivity contribution is 6.30. The Hall–Kier alpha value is -0.400. The number of rotatable bonds is 3. The Kier molecular flexibility index (Phi) is 3.89. The predicted molar refractivity (Wildman–Crippen MR) is 60.2 cm³/mol. The molecule has 1 rings (SSSR count). The second kappa shape index (κ2) is 4.73. The molecule has 3 heteroatoms. The summed E-state index contributed by atoms with van der Waals surface area (Å²) in [6.45, 7) is 2.90. The van der Waals surface area contributed by atoms with Crippen molar-refractivity contribution < 1.29 is 0 Å². The maximum atomic E-state index is 5.85. The first-order valence-electron chi connectivity index (χ1n) is 4.18. The summed E-state index contributed by atoms with van der Waals surface area (Å²) >= 11 is 11.5. The van der Waals surface area contributed by atoms with Gasteiger partial charge in [-0.3, -0.25) is 0 Å². The summed E-state index contributed by atoms with van der Waals surface area (Å²) in [6, 6.07) is 5.88. The van der Waals surface area contributed by atoms with Gasteiger partial charge in [-0.25, -0.2) is 0 Å². The predicted octanol–water partition coefficient (Wildman–Crippen LogP) is 3.32. The Morgan fingerprint density at radius 1 is 1.38 bits per heavy atom. The monoisotopic (exact) mass is 217 g/mol. The van der Waals surface area contributed by atoms with Crippen molar-refractivity contribution in [3.8, 4) is 0 Å². The van der Waals surface area contributed by atoms with Crippen molar-refractivity contribution in [2.45, 2.75) is 6.92 Å². The molecule has 0 bridgehead atoms. The Morgan fingerprint density at radius 3 is 2.62 bits per heavy atom. The minimum absolute atomic E-state index is 0.637. The Bertz CT molecular complexity index is 286. The largest absolute Gasteiger partial charge is 0.373 e. The van der Waals surface area contributed by atoms with Crippen molar-refractivity contribution in [2.75, 3.05) is 24.4 Å². The van der Waals surface area contributed by atoms with Crippen LogP contribution in [0.5, 0.6) is 0 Å². The molecule has 0 aliphatic heterocycles. The van der Waals surface area contributed by atoms with E-state index in [-0.39, 0.29) is 0 Å². The van der Waals surface area contributed by atoms with Crippen LogP contribution in [0.15, 0.2) is 18.2 Å². The molecule has 0 atom stereocenters. The summed E-state index contributed by atoms with van der Waals surface area (Å²) in [5, 5.41) is 0.778. The Morgan fingerprint density at radius 2 is 2.08 bits per heavy atom. The van der Waals surface area contributed by atoms with Crippen LogP contribution in [0.4, 0.5) is 5.69 Å². The first-order valence-corrected chi connectivity index (χ1v) is 5.09. The van der Waals surface area contributed by atoms with Crippen LogP contribution >= 0.6 is 23.2 Å². The summed E-state index contributed by atoms with van der Waals surface area (Å²) in [5.74, 6) is 0.637. The van der Waals surface area contributed by atoms with Gasteiger partial charge in [0.1, 0.15) is 0 Å². The van der Waals surface area contributed by atoms with E-state index in [2.05, 4.69) is 4.90 Å². The lowest BCUT2D eigenvalue weighted by atomic mass is 10.2. The number of hydrogen-bond donors (Lipinski definition) is 0. The minimum Gasteiger partial charge on any atom is -0.373 e. The maximum Gasteiger partial charge on any atom is 0.0410 e. The third kappa shape index (κ3) is 2.78. The van der Waals surface area contributed by atoms with E-state index in [0.717, 1.165) is 11.6 Å². The zero-order valence-corrected chi connectivity index (χ0v) is 9.36. The van der Waals surface area contributed by atoms with E-state index < -0.39 is 0 Å². The van der Waals surface area contributed by atoms with Crippen molar-refractivity contribution in [1.29, 1.82) is 0 Å². The van der Waals surface area contributed by atoms with Crippen molar-refractivity contribution in [2.24, 2.45) is 0 Å². The highest BCUT2D eigenvalue weighted by atomic mass is 35.5. The van der Waals surface area contributed by atoms with Gasteiger partial charge >= 0.3 is 0 Å². The topological polar surface area (TPSA) is 3.24 Å². The maximum absolute atomic E-state index is 5.85. The highest BCUT2D eigenvalue weighted by Crippen LogP contribution is 2.22. The van der Waals surface area contributed by atoms with Gasteiger partial charge in [0.15, 0.2) is 0 Å². The van der Waals surface area contributed by atoms with Gasteiger partial charge in [0, 0.05) is 30.2 Å². The number of benzene rings is 1. The summed E-state index contributed by atoms with van der Waals surface area (Å²) in [5.41, 5.74) is 2.37. The van der Waals surface area contributed by atoms with E-state index in [9.17, 15) is 0 Å². The molecule has 0 saturated heterocycles. The molecule has 0 unspecified atom stereocenters. The van der Waals surface area contributed by atoms with Gasteiger partial charge in [0.25, 0.3) is 0 Å². The zero-order chi connectivity index (χ0) is 9.84. The van der Waals surface area contributed by atoms with Gasteiger partial charge < -0.3 is 4.90 Å². The molecular weight excluding hydrogens is 205 g/mol. The van der Waals surface area contributed by atoms with Crippen LogP contribution in [-0.2, 0) is 0 Å². The van der Waals surface area contributed by atoms with Crippen LogP contribution in [0.25, 0.3) is 0 Å². The smallest absolute Gasteiger partial charge is 0.0410 e. The van der Waals surface area contributed by atoms with Gasteiger partial charge in [-0.15, -0.1) is 11.6 Å². The quantitative estimate of drug-likeness (QED) is 0.703. The molecular formula is C10H13Cl2N. The average Bonchev–Trinajstić information content (AvgIpc) is 2.04. The van der Waals surface area contributed by atoms with Gasteiger partial charge in [0.05, 0.1) is 0 Å². The fraction of sp³-hybridized carbons (Fsp3) is 0.400. The van der Waals surface area contributed by atoms with E-state index in [4.69, 9.17) is 23.2 Å². The number of alkyl halides is 1. The lowest BCUT2D eigenvalue weighted by Gasteiger charge is -2.20. The summed E-state index contributed by atoms with van der Waals surface area (Å²) in [7, 11) is 2.03. The van der Waals surface area contributed by atoms with Crippen LogP contribution in [0.1, 0.15) is 5.56 Å².